The van der Waals surface area contributed by atoms with Crippen molar-refractivity contribution in [2.45, 2.75) is 44.9 Å². The van der Waals surface area contributed by atoms with Crippen LogP contribution in [0.5, 0.6) is 0 Å². The van der Waals surface area contributed by atoms with Gasteiger partial charge in [0, 0.05) is 12.8 Å². The minimum atomic E-state index is -0.808. The van der Waals surface area contributed by atoms with Gasteiger partial charge in [-0.05, 0) is 24.7 Å². The van der Waals surface area contributed by atoms with Crippen molar-refractivity contribution in [1.82, 2.24) is 0 Å². The average Bonchev–Trinajstić information content (AvgIpc) is 2.30. The number of carbonyl (C=O) groups is 2. The van der Waals surface area contributed by atoms with E-state index in [1.165, 1.54) is 0 Å². The second-order valence-corrected chi connectivity index (χ2v) is 4.35. The molecule has 0 saturated heterocycles. The molecule has 0 aliphatic heterocycles. The Morgan fingerprint density at radius 2 is 1.27 bits per heavy atom. The Hall–Kier alpha value is -1.06. The summed E-state index contributed by atoms with van der Waals surface area (Å²) >= 11 is 0. The summed E-state index contributed by atoms with van der Waals surface area (Å²) in [4.78, 5) is 21.3. The molecule has 0 amide bonds. The van der Waals surface area contributed by atoms with E-state index < -0.39 is 11.9 Å². The predicted molar refractivity (Wildman–Crippen MR) is 54.6 cm³/mol. The van der Waals surface area contributed by atoms with E-state index in [0.717, 1.165) is 32.1 Å². The second kappa shape index (κ2) is 5.73. The predicted octanol–water partition coefficient (Wildman–Crippen LogP) is 2.13. The van der Waals surface area contributed by atoms with Gasteiger partial charge in [0.1, 0.15) is 0 Å². The van der Waals surface area contributed by atoms with E-state index in [1.54, 1.807) is 0 Å². The van der Waals surface area contributed by atoms with E-state index in [-0.39, 0.29) is 24.7 Å². The lowest BCUT2D eigenvalue weighted by Crippen LogP contribution is -2.20. The van der Waals surface area contributed by atoms with Crippen LogP contribution in [-0.4, -0.2) is 22.2 Å². The van der Waals surface area contributed by atoms with Gasteiger partial charge in [-0.2, -0.15) is 0 Å². The lowest BCUT2D eigenvalue weighted by Gasteiger charge is -2.21. The van der Waals surface area contributed by atoms with Gasteiger partial charge in [0.2, 0.25) is 0 Å². The number of carboxylic acid groups (broad SMARTS) is 2. The van der Waals surface area contributed by atoms with Gasteiger partial charge in [0.05, 0.1) is 0 Å². The first kappa shape index (κ1) is 12.0. The summed E-state index contributed by atoms with van der Waals surface area (Å²) in [6.07, 6.45) is 5.15. The Morgan fingerprint density at radius 1 is 0.867 bits per heavy atom. The zero-order valence-corrected chi connectivity index (χ0v) is 8.82. The second-order valence-electron chi connectivity index (χ2n) is 4.35. The van der Waals surface area contributed by atoms with Crippen LogP contribution in [0.3, 0.4) is 0 Å². The molecule has 1 aliphatic rings. The Morgan fingerprint density at radius 3 is 1.60 bits per heavy atom. The molecule has 1 rings (SSSR count). The van der Waals surface area contributed by atoms with Crippen molar-refractivity contribution in [2.24, 2.45) is 11.8 Å². The molecule has 86 valence electrons. The van der Waals surface area contributed by atoms with Gasteiger partial charge in [-0.15, -0.1) is 0 Å². The van der Waals surface area contributed by atoms with Crippen LogP contribution in [0.1, 0.15) is 44.9 Å². The number of carboxylic acids is 2. The fourth-order valence-corrected chi connectivity index (χ4v) is 2.45. The quantitative estimate of drug-likeness (QED) is 0.703. The van der Waals surface area contributed by atoms with Crippen LogP contribution in [0.4, 0.5) is 0 Å². The molecule has 4 heteroatoms. The Bertz CT molecular complexity index is 213. The molecule has 0 heterocycles. The molecular weight excluding hydrogens is 196 g/mol. The van der Waals surface area contributed by atoms with Crippen LogP contribution < -0.4 is 0 Å². The zero-order valence-electron chi connectivity index (χ0n) is 8.82. The largest absolute Gasteiger partial charge is 0.481 e. The highest BCUT2D eigenvalue weighted by molar-refractivity contribution is 5.68. The molecule has 0 unspecified atom stereocenters. The van der Waals surface area contributed by atoms with Crippen molar-refractivity contribution < 1.29 is 19.8 Å². The third-order valence-corrected chi connectivity index (χ3v) is 3.19. The monoisotopic (exact) mass is 214 g/mol. The van der Waals surface area contributed by atoms with Gasteiger partial charge in [-0.25, -0.2) is 0 Å². The molecule has 4 nitrogen and oxygen atoms in total. The normalized spacial score (nSPS) is 26.9. The Balaban J connectivity index is 2.58. The van der Waals surface area contributed by atoms with E-state index in [4.69, 9.17) is 10.2 Å². The molecule has 0 spiro atoms. The van der Waals surface area contributed by atoms with E-state index in [9.17, 15) is 9.59 Å². The fraction of sp³-hybridized carbons (Fsp3) is 0.818. The highest BCUT2D eigenvalue weighted by Gasteiger charge is 2.27. The van der Waals surface area contributed by atoms with Gasteiger partial charge >= 0.3 is 11.9 Å². The number of hydrogen-bond acceptors (Lipinski definition) is 2. The molecule has 0 aromatic carbocycles. The lowest BCUT2D eigenvalue weighted by molar-refractivity contribution is -0.142. The van der Waals surface area contributed by atoms with E-state index >= 15 is 0 Å². The van der Waals surface area contributed by atoms with Crippen molar-refractivity contribution >= 4 is 11.9 Å². The van der Waals surface area contributed by atoms with Crippen molar-refractivity contribution in [3.63, 3.8) is 0 Å². The molecule has 15 heavy (non-hydrogen) atoms. The van der Waals surface area contributed by atoms with Gasteiger partial charge in [-0.1, -0.05) is 19.3 Å². The number of rotatable bonds is 4. The summed E-state index contributed by atoms with van der Waals surface area (Å²) in [6.45, 7) is 0. The summed E-state index contributed by atoms with van der Waals surface area (Å²) in [5, 5.41) is 17.5. The minimum Gasteiger partial charge on any atom is -0.481 e. The average molecular weight is 214 g/mol. The molecule has 1 aliphatic carbocycles. The Labute approximate surface area is 89.3 Å². The van der Waals surface area contributed by atoms with Crippen LogP contribution in [0.2, 0.25) is 0 Å². The van der Waals surface area contributed by atoms with E-state index in [0.29, 0.717) is 0 Å². The first-order valence-electron chi connectivity index (χ1n) is 5.53. The molecule has 0 aromatic heterocycles. The molecule has 0 aromatic rings. The minimum absolute atomic E-state index is 0.0566. The van der Waals surface area contributed by atoms with Gasteiger partial charge in [0.25, 0.3) is 0 Å². The van der Waals surface area contributed by atoms with Gasteiger partial charge < -0.3 is 10.2 Å². The topological polar surface area (TPSA) is 74.6 Å². The molecule has 2 atom stereocenters. The highest BCUT2D eigenvalue weighted by atomic mass is 16.4. The smallest absolute Gasteiger partial charge is 0.303 e. The standard InChI is InChI=1S/C11H18O4/c12-10(13)6-8-4-2-1-3-5-9(8)7-11(14)15/h8-9H,1-7H2,(H,12,13)(H,14,15)/t8-,9-/m1/s1. The molecular formula is C11H18O4. The fourth-order valence-electron chi connectivity index (χ4n) is 2.45. The molecule has 0 bridgehead atoms. The maximum Gasteiger partial charge on any atom is 0.303 e. The SMILES string of the molecule is O=C(O)C[C@H]1CCCCC[C@@H]1CC(=O)O. The van der Waals surface area contributed by atoms with Gasteiger partial charge in [-0.3, -0.25) is 9.59 Å². The van der Waals surface area contributed by atoms with Crippen molar-refractivity contribution in [3.05, 3.63) is 0 Å². The maximum atomic E-state index is 10.7. The van der Waals surface area contributed by atoms with Crippen molar-refractivity contribution in [3.8, 4) is 0 Å². The van der Waals surface area contributed by atoms with Crippen molar-refractivity contribution in [1.29, 1.82) is 0 Å². The number of hydrogen-bond donors (Lipinski definition) is 2. The maximum absolute atomic E-state index is 10.7. The van der Waals surface area contributed by atoms with Crippen LogP contribution in [-0.2, 0) is 9.59 Å². The first-order valence-corrected chi connectivity index (χ1v) is 5.53. The van der Waals surface area contributed by atoms with Crippen LogP contribution in [0.25, 0.3) is 0 Å². The van der Waals surface area contributed by atoms with Crippen LogP contribution >= 0.6 is 0 Å². The highest BCUT2D eigenvalue weighted by Crippen LogP contribution is 2.33. The summed E-state index contributed by atoms with van der Waals surface area (Å²) < 4.78 is 0. The lowest BCUT2D eigenvalue weighted by atomic mass is 9.83. The van der Waals surface area contributed by atoms with Crippen molar-refractivity contribution in [2.75, 3.05) is 0 Å². The third-order valence-electron chi connectivity index (χ3n) is 3.19. The van der Waals surface area contributed by atoms with E-state index in [1.807, 2.05) is 0 Å². The summed E-state index contributed by atoms with van der Waals surface area (Å²) in [7, 11) is 0. The molecule has 1 fully saturated rings. The molecule has 2 N–H and O–H groups in total. The van der Waals surface area contributed by atoms with Crippen LogP contribution in [0.15, 0.2) is 0 Å². The number of aliphatic carboxylic acids is 2. The molecule has 0 radical (unpaired) electrons. The van der Waals surface area contributed by atoms with Gasteiger partial charge in [0.15, 0.2) is 0 Å². The third kappa shape index (κ3) is 4.32. The summed E-state index contributed by atoms with van der Waals surface area (Å²) in [5.41, 5.74) is 0. The summed E-state index contributed by atoms with van der Waals surface area (Å²) in [6, 6.07) is 0. The molecule has 1 saturated carbocycles. The Kier molecular flexibility index (Phi) is 4.59. The first-order chi connectivity index (χ1) is 7.09. The van der Waals surface area contributed by atoms with Crippen LogP contribution in [0, 0.1) is 11.8 Å². The zero-order chi connectivity index (χ0) is 11.3. The van der Waals surface area contributed by atoms with E-state index in [2.05, 4.69) is 0 Å². The summed E-state index contributed by atoms with van der Waals surface area (Å²) in [5.74, 6) is -1.50.